The third kappa shape index (κ3) is 3.72. The lowest BCUT2D eigenvalue weighted by Gasteiger charge is -2.05. The summed E-state index contributed by atoms with van der Waals surface area (Å²) in [6.07, 6.45) is 3.12. The van der Waals surface area contributed by atoms with Crippen molar-refractivity contribution in [1.29, 1.82) is 0 Å². The zero-order valence-corrected chi connectivity index (χ0v) is 14.0. The second-order valence-electron chi connectivity index (χ2n) is 5.70. The average Bonchev–Trinajstić information content (AvgIpc) is 3.20. The highest BCUT2D eigenvalue weighted by molar-refractivity contribution is 6.04. The first-order chi connectivity index (χ1) is 13.2. The van der Waals surface area contributed by atoms with E-state index in [9.17, 15) is 9.18 Å². The van der Waals surface area contributed by atoms with Crippen LogP contribution in [0.4, 0.5) is 10.1 Å². The minimum absolute atomic E-state index is 0.219. The fraction of sp³-hybridized carbons (Fsp3) is 0. The molecule has 0 unspecified atom stereocenters. The van der Waals surface area contributed by atoms with Crippen LogP contribution in [0.25, 0.3) is 22.8 Å². The Bertz CT molecular complexity index is 1060. The van der Waals surface area contributed by atoms with Crippen molar-refractivity contribution in [2.24, 2.45) is 0 Å². The minimum atomic E-state index is -0.331. The van der Waals surface area contributed by atoms with Gasteiger partial charge in [0.25, 0.3) is 11.8 Å². The van der Waals surface area contributed by atoms with E-state index in [1.165, 1.54) is 12.1 Å². The number of carbonyl (C=O) groups is 1. The lowest BCUT2D eigenvalue weighted by Crippen LogP contribution is -2.11. The SMILES string of the molecule is O=C(Nc1ccc(-c2noc(-c3ccc(F)cc3)n2)cc1)c1ccncc1. The second-order valence-corrected chi connectivity index (χ2v) is 5.70. The highest BCUT2D eigenvalue weighted by Gasteiger charge is 2.11. The summed E-state index contributed by atoms with van der Waals surface area (Å²) in [5, 5.41) is 6.76. The summed E-state index contributed by atoms with van der Waals surface area (Å²) in [5.74, 6) is 0.160. The van der Waals surface area contributed by atoms with Crippen LogP contribution in [-0.2, 0) is 0 Å². The number of nitrogens with one attached hydrogen (secondary N) is 1. The quantitative estimate of drug-likeness (QED) is 0.590. The number of hydrogen-bond acceptors (Lipinski definition) is 5. The second kappa shape index (κ2) is 7.17. The molecule has 0 aliphatic heterocycles. The molecule has 6 nitrogen and oxygen atoms in total. The molecule has 0 spiro atoms. The normalized spacial score (nSPS) is 10.6. The molecule has 132 valence electrons. The van der Waals surface area contributed by atoms with Crippen LogP contribution in [0.2, 0.25) is 0 Å². The largest absolute Gasteiger partial charge is 0.334 e. The van der Waals surface area contributed by atoms with Crippen LogP contribution in [-0.4, -0.2) is 21.0 Å². The molecule has 1 amide bonds. The number of pyridine rings is 1. The predicted molar refractivity (Wildman–Crippen MR) is 97.3 cm³/mol. The van der Waals surface area contributed by atoms with E-state index in [2.05, 4.69) is 20.4 Å². The fourth-order valence-electron chi connectivity index (χ4n) is 2.46. The molecule has 27 heavy (non-hydrogen) atoms. The molecule has 2 heterocycles. The standard InChI is InChI=1S/C20H13FN4O2/c21-16-5-1-15(2-6-16)20-24-18(25-27-20)13-3-7-17(8-4-13)23-19(26)14-9-11-22-12-10-14/h1-12H,(H,23,26). The molecule has 2 aromatic carbocycles. The van der Waals surface area contributed by atoms with Crippen molar-refractivity contribution < 1.29 is 13.7 Å². The van der Waals surface area contributed by atoms with Crippen molar-refractivity contribution in [3.63, 3.8) is 0 Å². The van der Waals surface area contributed by atoms with E-state index >= 15 is 0 Å². The van der Waals surface area contributed by atoms with Crippen LogP contribution >= 0.6 is 0 Å². The highest BCUT2D eigenvalue weighted by Crippen LogP contribution is 2.23. The van der Waals surface area contributed by atoms with E-state index in [0.717, 1.165) is 5.56 Å². The number of rotatable bonds is 4. The maximum absolute atomic E-state index is 13.0. The van der Waals surface area contributed by atoms with E-state index in [1.54, 1.807) is 60.9 Å². The van der Waals surface area contributed by atoms with E-state index in [1.807, 2.05) is 0 Å². The van der Waals surface area contributed by atoms with Crippen LogP contribution in [0.3, 0.4) is 0 Å². The van der Waals surface area contributed by atoms with Gasteiger partial charge in [0.15, 0.2) is 0 Å². The van der Waals surface area contributed by atoms with Gasteiger partial charge in [-0.15, -0.1) is 0 Å². The summed E-state index contributed by atoms with van der Waals surface area (Å²) in [6, 6.07) is 16.2. The van der Waals surface area contributed by atoms with Gasteiger partial charge in [0.05, 0.1) is 0 Å². The Hall–Kier alpha value is -3.87. The van der Waals surface area contributed by atoms with Crippen LogP contribution in [0.1, 0.15) is 10.4 Å². The number of nitrogens with zero attached hydrogens (tertiary/aromatic N) is 3. The van der Waals surface area contributed by atoms with Crippen molar-refractivity contribution in [2.45, 2.75) is 0 Å². The van der Waals surface area contributed by atoms with Crippen molar-refractivity contribution in [2.75, 3.05) is 5.32 Å². The molecule has 2 aromatic heterocycles. The molecule has 0 bridgehead atoms. The maximum Gasteiger partial charge on any atom is 0.258 e. The Balaban J connectivity index is 1.49. The number of carbonyl (C=O) groups excluding carboxylic acids is 1. The topological polar surface area (TPSA) is 80.9 Å². The van der Waals surface area contributed by atoms with Crippen molar-refractivity contribution >= 4 is 11.6 Å². The molecule has 0 atom stereocenters. The molecule has 4 rings (SSSR count). The molecule has 0 aliphatic rings. The molecular formula is C20H13FN4O2. The van der Waals surface area contributed by atoms with Gasteiger partial charge in [-0.1, -0.05) is 5.16 Å². The Labute approximate surface area is 153 Å². The molecule has 7 heteroatoms. The number of halogens is 1. The van der Waals surface area contributed by atoms with Crippen molar-refractivity contribution in [3.8, 4) is 22.8 Å². The van der Waals surface area contributed by atoms with Crippen LogP contribution in [0, 0.1) is 5.82 Å². The lowest BCUT2D eigenvalue weighted by atomic mass is 10.2. The van der Waals surface area contributed by atoms with Gasteiger partial charge in [-0.25, -0.2) is 4.39 Å². The Morgan fingerprint density at radius 1 is 0.889 bits per heavy atom. The molecule has 0 saturated carbocycles. The molecule has 1 N–H and O–H groups in total. The summed E-state index contributed by atoms with van der Waals surface area (Å²) in [6.45, 7) is 0. The van der Waals surface area contributed by atoms with Gasteiger partial charge < -0.3 is 9.84 Å². The van der Waals surface area contributed by atoms with Crippen molar-refractivity contribution in [3.05, 3.63) is 84.4 Å². The van der Waals surface area contributed by atoms with Crippen LogP contribution in [0.15, 0.2) is 77.6 Å². The summed E-state index contributed by atoms with van der Waals surface area (Å²) < 4.78 is 18.2. The first kappa shape index (κ1) is 16.6. The fourth-order valence-corrected chi connectivity index (χ4v) is 2.46. The molecular weight excluding hydrogens is 347 g/mol. The zero-order valence-electron chi connectivity index (χ0n) is 14.0. The number of hydrogen-bond donors (Lipinski definition) is 1. The van der Waals surface area contributed by atoms with Gasteiger partial charge in [-0.3, -0.25) is 9.78 Å². The third-order valence-electron chi connectivity index (χ3n) is 3.86. The number of amides is 1. The van der Waals surface area contributed by atoms with E-state index in [-0.39, 0.29) is 11.7 Å². The van der Waals surface area contributed by atoms with Crippen molar-refractivity contribution in [1.82, 2.24) is 15.1 Å². The maximum atomic E-state index is 13.0. The van der Waals surface area contributed by atoms with Gasteiger partial charge in [0.1, 0.15) is 5.82 Å². The Morgan fingerprint density at radius 3 is 2.26 bits per heavy atom. The van der Waals surface area contributed by atoms with Crippen LogP contribution < -0.4 is 5.32 Å². The van der Waals surface area contributed by atoms with E-state index < -0.39 is 0 Å². The summed E-state index contributed by atoms with van der Waals surface area (Å²) in [4.78, 5) is 20.4. The van der Waals surface area contributed by atoms with Gasteiger partial charge >= 0.3 is 0 Å². The molecule has 4 aromatic rings. The smallest absolute Gasteiger partial charge is 0.258 e. The zero-order chi connectivity index (χ0) is 18.6. The minimum Gasteiger partial charge on any atom is -0.334 e. The molecule has 0 fully saturated rings. The average molecular weight is 360 g/mol. The summed E-state index contributed by atoms with van der Waals surface area (Å²) in [5.41, 5.74) is 2.53. The van der Waals surface area contributed by atoms with Gasteiger partial charge in [0.2, 0.25) is 5.82 Å². The molecule has 0 aliphatic carbocycles. The summed E-state index contributed by atoms with van der Waals surface area (Å²) in [7, 11) is 0. The van der Waals surface area contributed by atoms with E-state index in [4.69, 9.17) is 4.52 Å². The Kier molecular flexibility index (Phi) is 4.40. The lowest BCUT2D eigenvalue weighted by molar-refractivity contribution is 0.102. The first-order valence-electron chi connectivity index (χ1n) is 8.10. The number of benzene rings is 2. The molecule has 0 radical (unpaired) electrons. The van der Waals surface area contributed by atoms with Gasteiger partial charge in [0, 0.05) is 34.8 Å². The first-order valence-corrected chi connectivity index (χ1v) is 8.10. The third-order valence-corrected chi connectivity index (χ3v) is 3.86. The number of anilines is 1. The monoisotopic (exact) mass is 360 g/mol. The molecule has 0 saturated heterocycles. The van der Waals surface area contributed by atoms with Crippen LogP contribution in [0.5, 0.6) is 0 Å². The van der Waals surface area contributed by atoms with E-state index in [0.29, 0.717) is 28.5 Å². The highest BCUT2D eigenvalue weighted by atomic mass is 19.1. The number of aromatic nitrogens is 3. The predicted octanol–water partition coefficient (Wildman–Crippen LogP) is 4.19. The Morgan fingerprint density at radius 2 is 1.56 bits per heavy atom. The summed E-state index contributed by atoms with van der Waals surface area (Å²) >= 11 is 0. The van der Waals surface area contributed by atoms with Gasteiger partial charge in [-0.05, 0) is 60.7 Å². The van der Waals surface area contributed by atoms with Gasteiger partial charge in [-0.2, -0.15) is 4.98 Å².